The molecule has 5 aliphatic heterocycles. The fourth-order valence-electron chi connectivity index (χ4n) is 9.31. The maximum atomic E-state index is 17.4. The molecule has 7 heterocycles. The lowest BCUT2D eigenvalue weighted by Gasteiger charge is -2.31. The predicted molar refractivity (Wildman–Crippen MR) is 194 cm³/mol. The molecule has 1 amide bonds. The molecule has 6 aliphatic rings. The molecule has 1 aliphatic carbocycles. The number of nitrogens with two attached hydrogens (primary N) is 1. The minimum atomic E-state index is -0.964. The number of anilines is 2. The maximum Gasteiger partial charge on any atom is 0.319 e. The summed E-state index contributed by atoms with van der Waals surface area (Å²) in [4.78, 5) is 29.1. The maximum absolute atomic E-state index is 17.4. The van der Waals surface area contributed by atoms with Crippen molar-refractivity contribution in [3.8, 4) is 29.0 Å². The van der Waals surface area contributed by atoms with Crippen molar-refractivity contribution in [2.75, 3.05) is 56.6 Å². The van der Waals surface area contributed by atoms with Crippen LogP contribution in [0.15, 0.2) is 12.1 Å². The summed E-state index contributed by atoms with van der Waals surface area (Å²) in [6.45, 7) is 2.73. The summed E-state index contributed by atoms with van der Waals surface area (Å²) < 4.78 is 60.0. The van der Waals surface area contributed by atoms with Crippen molar-refractivity contribution in [1.82, 2.24) is 25.1 Å². The van der Waals surface area contributed by atoms with Crippen LogP contribution in [0.25, 0.3) is 32.1 Å². The number of nitrogens with one attached hydrogen (secondary N) is 1. The molecule has 2 unspecified atom stereocenters. The van der Waals surface area contributed by atoms with E-state index in [-0.39, 0.29) is 96.7 Å². The van der Waals surface area contributed by atoms with Crippen LogP contribution in [0.4, 0.5) is 24.0 Å². The number of hydrogen-bond donors (Lipinski definition) is 2. The van der Waals surface area contributed by atoms with Crippen LogP contribution in [0.3, 0.4) is 0 Å². The molecule has 0 radical (unpaired) electrons. The summed E-state index contributed by atoms with van der Waals surface area (Å²) in [5, 5.41) is 13.8. The van der Waals surface area contributed by atoms with Gasteiger partial charge in [-0.2, -0.15) is 15.2 Å². The van der Waals surface area contributed by atoms with Gasteiger partial charge in [0, 0.05) is 49.6 Å². The first-order valence-electron chi connectivity index (χ1n) is 18.3. The molecular weight excluding hydrogens is 729 g/mol. The number of nitrogen functional groups attached to an aromatic ring is 1. The zero-order valence-corrected chi connectivity index (χ0v) is 30.2. The van der Waals surface area contributed by atoms with E-state index in [2.05, 4.69) is 15.2 Å². The van der Waals surface area contributed by atoms with Gasteiger partial charge in [0.2, 0.25) is 5.91 Å². The number of alkyl halides is 1. The molecule has 2 aromatic carbocycles. The topological polar surface area (TPSA) is 143 Å². The lowest BCUT2D eigenvalue weighted by Crippen LogP contribution is -2.43. The summed E-state index contributed by atoms with van der Waals surface area (Å²) >= 11 is 8.02. The van der Waals surface area contributed by atoms with Crippen molar-refractivity contribution < 1.29 is 27.4 Å². The van der Waals surface area contributed by atoms with E-state index in [1.807, 2.05) is 15.9 Å². The van der Waals surface area contributed by atoms with Crippen molar-refractivity contribution in [2.24, 2.45) is 5.92 Å². The highest BCUT2D eigenvalue weighted by Crippen LogP contribution is 2.51. The fraction of sp³-hybridized carbons (Fsp3) is 0.514. The number of hydrogen-bond acceptors (Lipinski definition) is 11. The molecule has 16 heteroatoms. The third-order valence-electron chi connectivity index (χ3n) is 12.2. The Morgan fingerprint density at radius 3 is 2.85 bits per heavy atom. The van der Waals surface area contributed by atoms with Crippen LogP contribution in [-0.2, 0) is 4.79 Å². The number of ether oxygens (including phenoxy) is 2. The van der Waals surface area contributed by atoms with Crippen LogP contribution < -0.4 is 25.4 Å². The first kappa shape index (κ1) is 33.5. The Kier molecular flexibility index (Phi) is 7.71. The molecule has 0 bridgehead atoms. The normalized spacial score (nSPS) is 28.0. The Morgan fingerprint density at radius 2 is 2.04 bits per heavy atom. The smallest absolute Gasteiger partial charge is 0.319 e. The second kappa shape index (κ2) is 12.2. The average molecular weight is 765 g/mol. The van der Waals surface area contributed by atoms with E-state index < -0.39 is 23.3 Å². The predicted octanol–water partition coefficient (Wildman–Crippen LogP) is 5.40. The van der Waals surface area contributed by atoms with Gasteiger partial charge in [0.25, 0.3) is 0 Å². The van der Waals surface area contributed by atoms with Gasteiger partial charge < -0.3 is 25.0 Å². The van der Waals surface area contributed by atoms with Crippen LogP contribution >= 0.6 is 22.9 Å². The van der Waals surface area contributed by atoms with Crippen LogP contribution in [0, 0.1) is 28.9 Å². The number of aromatic nitrogens is 2. The number of carbonyl (C=O) groups excluding carboxylic acids is 1. The molecule has 0 spiro atoms. The molecule has 2 aromatic heterocycles. The molecule has 10 rings (SSSR count). The van der Waals surface area contributed by atoms with Crippen LogP contribution in [0.2, 0.25) is 5.02 Å². The molecule has 11 nitrogen and oxygen atoms in total. The molecule has 4 saturated heterocycles. The van der Waals surface area contributed by atoms with E-state index in [0.29, 0.717) is 50.8 Å². The van der Waals surface area contributed by atoms with Crippen LogP contribution in [-0.4, -0.2) is 101 Å². The summed E-state index contributed by atoms with van der Waals surface area (Å²) in [6, 6.07) is 4.39. The molecule has 276 valence electrons. The van der Waals surface area contributed by atoms with E-state index in [9.17, 15) is 14.4 Å². The third kappa shape index (κ3) is 5.23. The first-order valence-corrected chi connectivity index (χ1v) is 19.4. The number of carbonyl (C=O) groups is 1. The van der Waals surface area contributed by atoms with Gasteiger partial charge in [0.05, 0.1) is 32.3 Å². The van der Waals surface area contributed by atoms with Crippen molar-refractivity contribution >= 4 is 60.7 Å². The zero-order chi connectivity index (χ0) is 36.3. The Morgan fingerprint density at radius 1 is 1.19 bits per heavy atom. The molecule has 4 aromatic rings. The number of fused-ring (bicyclic) bond motifs is 4. The quantitative estimate of drug-likeness (QED) is 0.245. The summed E-state index contributed by atoms with van der Waals surface area (Å²) in [5.74, 6) is -0.228. The minimum Gasteiger partial charge on any atom is -0.489 e. The fourth-order valence-corrected chi connectivity index (χ4v) is 10.6. The van der Waals surface area contributed by atoms with Gasteiger partial charge in [-0.3, -0.25) is 15.0 Å². The number of benzene rings is 2. The number of nitrogens with zero attached hydrogens (tertiary/aromatic N) is 6. The summed E-state index contributed by atoms with van der Waals surface area (Å²) in [5.41, 5.74) is 5.59. The number of thiophene rings is 1. The van der Waals surface area contributed by atoms with E-state index in [1.165, 1.54) is 12.1 Å². The van der Waals surface area contributed by atoms with Gasteiger partial charge in [0.1, 0.15) is 53.6 Å². The molecular formula is C37H36ClF3N8O3S. The van der Waals surface area contributed by atoms with E-state index in [0.717, 1.165) is 43.6 Å². The minimum absolute atomic E-state index is 0.0229. The van der Waals surface area contributed by atoms with Gasteiger partial charge in [0.15, 0.2) is 11.6 Å². The van der Waals surface area contributed by atoms with Crippen LogP contribution in [0.5, 0.6) is 11.8 Å². The lowest BCUT2D eigenvalue weighted by atomic mass is 9.95. The summed E-state index contributed by atoms with van der Waals surface area (Å²) in [6.07, 6.45) is 3.93. The SMILES string of the molecule is N#Cc1c(N)sc2c(F)ccc(-c3c(Cl)c4c5c(nc(OC[C@@]67CCCN6C[C@H](F)C7)nc5c3F)N3CCN(C(=O)[C@@H]5NC5C5CC5)CCC3CO4)c12. The zero-order valence-electron chi connectivity index (χ0n) is 28.6. The van der Waals surface area contributed by atoms with Crippen LogP contribution in [0.1, 0.15) is 44.1 Å². The lowest BCUT2D eigenvalue weighted by molar-refractivity contribution is -0.130. The molecule has 53 heavy (non-hydrogen) atoms. The Labute approximate surface area is 311 Å². The first-order chi connectivity index (χ1) is 25.7. The average Bonchev–Trinajstić information content (AvgIpc) is 4.04. The van der Waals surface area contributed by atoms with E-state index in [4.69, 9.17) is 31.8 Å². The van der Waals surface area contributed by atoms with Crippen molar-refractivity contribution in [3.05, 3.63) is 34.4 Å². The molecule has 5 atom stereocenters. The van der Waals surface area contributed by atoms with Gasteiger partial charge in [-0.1, -0.05) is 17.7 Å². The highest BCUT2D eigenvalue weighted by Gasteiger charge is 2.52. The van der Waals surface area contributed by atoms with Crippen molar-refractivity contribution in [2.45, 2.75) is 68.4 Å². The Bertz CT molecular complexity index is 2270. The van der Waals surface area contributed by atoms with Crippen molar-refractivity contribution in [3.63, 3.8) is 0 Å². The standard InChI is InChI=1S/C37H36ClF3N8O3S/c38-26-24(20-4-5-22(40)32-23(20)21(13-42)33(43)53-32)27(41)29-25-31(26)51-15-19-6-9-47(35(50)30-28(44-30)17-2-3-17)10-11-49(19)34(25)46-36(45-29)52-16-37-7-1-8-48(37)14-18(39)12-37/h4-5,17-19,28,30,44H,1-3,6-12,14-16,43H2/t18-,19?,28?,30-,37+/m1/s1. The highest BCUT2D eigenvalue weighted by molar-refractivity contribution is 7.23. The van der Waals surface area contributed by atoms with Gasteiger partial charge >= 0.3 is 6.01 Å². The molecule has 1 saturated carbocycles. The number of nitriles is 1. The highest BCUT2D eigenvalue weighted by atomic mass is 35.5. The second-order valence-corrected chi connectivity index (χ2v) is 16.7. The Balaban J connectivity index is 1.10. The number of halogens is 4. The number of amides is 1. The molecule has 3 N–H and O–H groups in total. The number of rotatable bonds is 6. The second-order valence-electron chi connectivity index (χ2n) is 15.3. The van der Waals surface area contributed by atoms with Crippen molar-refractivity contribution in [1.29, 1.82) is 5.26 Å². The van der Waals surface area contributed by atoms with Gasteiger partial charge in [-0.05, 0) is 56.2 Å². The van der Waals surface area contributed by atoms with Gasteiger partial charge in [-0.25, -0.2) is 13.2 Å². The van der Waals surface area contributed by atoms with Gasteiger partial charge in [-0.15, -0.1) is 11.3 Å². The molecule has 5 fully saturated rings. The monoisotopic (exact) mass is 764 g/mol. The largest absolute Gasteiger partial charge is 0.489 e. The third-order valence-corrected chi connectivity index (χ3v) is 13.6. The van der Waals surface area contributed by atoms with E-state index >= 15 is 8.78 Å². The van der Waals surface area contributed by atoms with E-state index in [1.54, 1.807) is 0 Å². The summed E-state index contributed by atoms with van der Waals surface area (Å²) in [7, 11) is 0. The Hall–Kier alpha value is -4.10.